The highest BCUT2D eigenvalue weighted by atomic mass is 35.5. The minimum Gasteiger partial charge on any atom is -0.349 e. The summed E-state index contributed by atoms with van der Waals surface area (Å²) in [5.74, 6) is 0.117. The van der Waals surface area contributed by atoms with Crippen molar-refractivity contribution < 1.29 is 9.45 Å². The zero-order valence-corrected chi connectivity index (χ0v) is 15.8. The molecule has 0 aliphatic heterocycles. The Morgan fingerprint density at radius 1 is 1.15 bits per heavy atom. The van der Waals surface area contributed by atoms with E-state index in [9.17, 15) is 10.1 Å². The molecule has 3 aromatic rings. The lowest BCUT2D eigenvalue weighted by Gasteiger charge is -2.10. The number of hydrogen-bond acceptors (Lipinski definition) is 4. The maximum Gasteiger partial charge on any atom is 0.338 e. The molecule has 0 amide bonds. The van der Waals surface area contributed by atoms with E-state index in [1.807, 2.05) is 30.5 Å². The van der Waals surface area contributed by atoms with E-state index in [2.05, 4.69) is 5.16 Å². The summed E-state index contributed by atoms with van der Waals surface area (Å²) in [7, 11) is 0. The molecule has 0 aliphatic carbocycles. The molecule has 0 fully saturated rings. The fraction of sp³-hybridized carbons (Fsp3) is 0.167. The van der Waals surface area contributed by atoms with Gasteiger partial charge in [0, 0.05) is 17.1 Å². The summed E-state index contributed by atoms with van der Waals surface area (Å²) in [6, 6.07) is 7.39. The maximum atomic E-state index is 11.1. The molecule has 8 heteroatoms. The highest BCUT2D eigenvalue weighted by Gasteiger charge is 2.22. The van der Waals surface area contributed by atoms with Crippen LogP contribution in [0.1, 0.15) is 28.4 Å². The summed E-state index contributed by atoms with van der Waals surface area (Å²) < 4.78 is 7.08. The molecule has 0 unspecified atom stereocenters. The molecule has 0 atom stereocenters. The fourth-order valence-corrected chi connectivity index (χ4v) is 3.15. The lowest BCUT2D eigenvalue weighted by Crippen LogP contribution is -1.99. The molecule has 134 valence electrons. The lowest BCUT2D eigenvalue weighted by molar-refractivity contribution is -0.386. The molecule has 0 spiro atoms. The molecule has 0 saturated carbocycles. The van der Waals surface area contributed by atoms with E-state index in [-0.39, 0.29) is 17.1 Å². The van der Waals surface area contributed by atoms with Gasteiger partial charge in [0.2, 0.25) is 5.76 Å². The topological polar surface area (TPSA) is 74.1 Å². The first-order valence-electron chi connectivity index (χ1n) is 7.72. The van der Waals surface area contributed by atoms with Crippen LogP contribution >= 0.6 is 23.2 Å². The molecule has 26 heavy (non-hydrogen) atoms. The van der Waals surface area contributed by atoms with Crippen molar-refractivity contribution in [2.24, 2.45) is 0 Å². The van der Waals surface area contributed by atoms with Crippen LogP contribution in [-0.4, -0.2) is 14.6 Å². The SMILES string of the molecule is Cc1noc(/C=C/c2cc(C)n(-c3ccc(Cl)c(Cl)c3)c2C)c1[N+](=O)[O-]. The Morgan fingerprint density at radius 3 is 2.54 bits per heavy atom. The van der Waals surface area contributed by atoms with Gasteiger partial charge in [0.1, 0.15) is 0 Å². The second kappa shape index (κ2) is 6.97. The van der Waals surface area contributed by atoms with Crippen LogP contribution in [0.5, 0.6) is 0 Å². The number of halogens is 2. The molecule has 0 bridgehead atoms. The van der Waals surface area contributed by atoms with Crippen molar-refractivity contribution in [1.82, 2.24) is 9.72 Å². The van der Waals surface area contributed by atoms with Crippen molar-refractivity contribution in [3.05, 3.63) is 72.8 Å². The van der Waals surface area contributed by atoms with Crippen LogP contribution in [0.15, 0.2) is 28.8 Å². The van der Waals surface area contributed by atoms with Crippen molar-refractivity contribution in [3.63, 3.8) is 0 Å². The average molecular weight is 392 g/mol. The number of nitrogens with zero attached hydrogens (tertiary/aromatic N) is 3. The second-order valence-electron chi connectivity index (χ2n) is 5.83. The van der Waals surface area contributed by atoms with Crippen LogP contribution in [-0.2, 0) is 0 Å². The number of rotatable bonds is 4. The Morgan fingerprint density at radius 2 is 1.88 bits per heavy atom. The first kappa shape index (κ1) is 18.2. The Balaban J connectivity index is 2.01. The molecular formula is C18H15Cl2N3O3. The standard InChI is InChI=1S/C18H15Cl2N3O3/c1-10-8-13(4-7-17-18(23(24)25)11(2)21-26-17)12(3)22(10)14-5-6-15(19)16(20)9-14/h4-9H,1-3H3/b7-4+. The van der Waals surface area contributed by atoms with E-state index in [0.717, 1.165) is 22.6 Å². The number of aryl methyl sites for hydroxylation is 2. The summed E-state index contributed by atoms with van der Waals surface area (Å²) >= 11 is 12.1. The maximum absolute atomic E-state index is 11.1. The minimum absolute atomic E-state index is 0.117. The Hall–Kier alpha value is -2.57. The predicted molar refractivity (Wildman–Crippen MR) is 102 cm³/mol. The molecule has 2 aromatic heterocycles. The van der Waals surface area contributed by atoms with Gasteiger partial charge in [-0.3, -0.25) is 10.1 Å². The third-order valence-electron chi connectivity index (χ3n) is 4.09. The van der Waals surface area contributed by atoms with Gasteiger partial charge in [-0.2, -0.15) is 0 Å². The summed E-state index contributed by atoms with van der Waals surface area (Å²) in [4.78, 5) is 10.6. The highest BCUT2D eigenvalue weighted by Crippen LogP contribution is 2.29. The van der Waals surface area contributed by atoms with Gasteiger partial charge in [0.15, 0.2) is 5.69 Å². The molecular weight excluding hydrogens is 377 g/mol. The molecule has 1 aromatic carbocycles. The van der Waals surface area contributed by atoms with Gasteiger partial charge in [-0.15, -0.1) is 0 Å². The minimum atomic E-state index is -0.496. The average Bonchev–Trinajstić information content (AvgIpc) is 3.08. The largest absolute Gasteiger partial charge is 0.349 e. The first-order valence-corrected chi connectivity index (χ1v) is 8.48. The van der Waals surface area contributed by atoms with Crippen LogP contribution < -0.4 is 0 Å². The summed E-state index contributed by atoms with van der Waals surface area (Å²) in [5, 5.41) is 15.8. The predicted octanol–water partition coefficient (Wildman–Crippen LogP) is 5.78. The Bertz CT molecular complexity index is 1030. The monoisotopic (exact) mass is 391 g/mol. The van der Waals surface area contributed by atoms with Gasteiger partial charge < -0.3 is 9.09 Å². The highest BCUT2D eigenvalue weighted by molar-refractivity contribution is 6.42. The second-order valence-corrected chi connectivity index (χ2v) is 6.65. The third kappa shape index (κ3) is 3.25. The molecule has 0 saturated heterocycles. The zero-order valence-electron chi connectivity index (χ0n) is 14.3. The normalized spacial score (nSPS) is 11.4. The van der Waals surface area contributed by atoms with E-state index in [1.54, 1.807) is 24.3 Å². The summed E-state index contributed by atoms with van der Waals surface area (Å²) in [5.41, 5.74) is 3.85. The van der Waals surface area contributed by atoms with Crippen molar-refractivity contribution in [3.8, 4) is 5.69 Å². The molecule has 0 N–H and O–H groups in total. The first-order chi connectivity index (χ1) is 12.3. The van der Waals surface area contributed by atoms with Gasteiger partial charge in [-0.25, -0.2) is 0 Å². The van der Waals surface area contributed by atoms with Crippen LogP contribution in [0.2, 0.25) is 10.0 Å². The van der Waals surface area contributed by atoms with Gasteiger partial charge in [0.05, 0.1) is 15.0 Å². The van der Waals surface area contributed by atoms with Gasteiger partial charge in [0.25, 0.3) is 0 Å². The Labute approximate surface area is 159 Å². The van der Waals surface area contributed by atoms with Gasteiger partial charge >= 0.3 is 5.69 Å². The van der Waals surface area contributed by atoms with Crippen LogP contribution in [0.3, 0.4) is 0 Å². The van der Waals surface area contributed by atoms with Crippen LogP contribution in [0.25, 0.3) is 17.8 Å². The van der Waals surface area contributed by atoms with E-state index < -0.39 is 4.92 Å². The fourth-order valence-electron chi connectivity index (χ4n) is 2.86. The molecule has 0 radical (unpaired) electrons. The molecule has 2 heterocycles. The van der Waals surface area contributed by atoms with E-state index in [1.165, 1.54) is 6.92 Å². The number of nitro groups is 1. The number of hydrogen-bond donors (Lipinski definition) is 0. The van der Waals surface area contributed by atoms with Crippen molar-refractivity contribution >= 4 is 41.0 Å². The number of aromatic nitrogens is 2. The van der Waals surface area contributed by atoms with Crippen molar-refractivity contribution in [1.29, 1.82) is 0 Å². The van der Waals surface area contributed by atoms with E-state index >= 15 is 0 Å². The Kier molecular flexibility index (Phi) is 4.89. The van der Waals surface area contributed by atoms with E-state index in [0.29, 0.717) is 10.0 Å². The third-order valence-corrected chi connectivity index (χ3v) is 4.82. The molecule has 6 nitrogen and oxygen atoms in total. The van der Waals surface area contributed by atoms with Gasteiger partial charge in [-0.05, 0) is 62.8 Å². The number of benzene rings is 1. The van der Waals surface area contributed by atoms with Crippen LogP contribution in [0.4, 0.5) is 5.69 Å². The van der Waals surface area contributed by atoms with Crippen molar-refractivity contribution in [2.75, 3.05) is 0 Å². The van der Waals surface area contributed by atoms with Gasteiger partial charge in [-0.1, -0.05) is 28.4 Å². The van der Waals surface area contributed by atoms with Crippen molar-refractivity contribution in [2.45, 2.75) is 20.8 Å². The quantitative estimate of drug-likeness (QED) is 0.417. The smallest absolute Gasteiger partial charge is 0.338 e. The molecule has 0 aliphatic rings. The zero-order chi connectivity index (χ0) is 19.0. The summed E-state index contributed by atoms with van der Waals surface area (Å²) in [6.45, 7) is 5.46. The summed E-state index contributed by atoms with van der Waals surface area (Å²) in [6.07, 6.45) is 3.32. The lowest BCUT2D eigenvalue weighted by atomic mass is 10.2. The molecule has 3 rings (SSSR count). The van der Waals surface area contributed by atoms with Crippen LogP contribution in [0, 0.1) is 30.9 Å². The van der Waals surface area contributed by atoms with E-state index in [4.69, 9.17) is 27.7 Å².